The quantitative estimate of drug-likeness (QED) is 0.814. The van der Waals surface area contributed by atoms with E-state index in [9.17, 15) is 21.6 Å². The zero-order valence-corrected chi connectivity index (χ0v) is 14.9. The highest BCUT2D eigenvalue weighted by Gasteiger charge is 2.31. The van der Waals surface area contributed by atoms with E-state index >= 15 is 0 Å². The van der Waals surface area contributed by atoms with E-state index in [0.717, 1.165) is 12.1 Å². The van der Waals surface area contributed by atoms with Crippen LogP contribution in [-0.2, 0) is 9.84 Å². The fourth-order valence-electron chi connectivity index (χ4n) is 2.82. The second kappa shape index (κ2) is 6.75. The third-order valence-electron chi connectivity index (χ3n) is 4.24. The molecule has 2 aromatic rings. The molecule has 1 fully saturated rings. The minimum Gasteiger partial charge on any atom is -0.355 e. The van der Waals surface area contributed by atoms with Crippen molar-refractivity contribution < 1.29 is 21.6 Å². The summed E-state index contributed by atoms with van der Waals surface area (Å²) in [5.41, 5.74) is -0.265. The summed E-state index contributed by atoms with van der Waals surface area (Å²) in [6.07, 6.45) is 0.489. The van der Waals surface area contributed by atoms with Gasteiger partial charge in [0.1, 0.15) is 17.5 Å². The van der Waals surface area contributed by atoms with Crippen molar-refractivity contribution in [2.45, 2.75) is 19.4 Å². The third kappa shape index (κ3) is 3.74. The number of hydrogen-bond acceptors (Lipinski definition) is 6. The SMILES string of the molecule is Cc1nc(Nc2ccc(F)c(F)c2F)cc(N(C)C2CCS(=O)(=O)C2)n1. The molecular weight excluding hydrogens is 369 g/mol. The number of rotatable bonds is 4. The van der Waals surface area contributed by atoms with Gasteiger partial charge in [0.2, 0.25) is 0 Å². The van der Waals surface area contributed by atoms with E-state index in [2.05, 4.69) is 15.3 Å². The Kier molecular flexibility index (Phi) is 4.78. The van der Waals surface area contributed by atoms with Crippen molar-refractivity contribution in [1.29, 1.82) is 0 Å². The number of nitrogens with zero attached hydrogens (tertiary/aromatic N) is 3. The first-order valence-corrected chi connectivity index (χ1v) is 9.68. The molecule has 0 spiro atoms. The summed E-state index contributed by atoms with van der Waals surface area (Å²) in [5.74, 6) is -3.05. The van der Waals surface area contributed by atoms with Crippen molar-refractivity contribution in [3.63, 3.8) is 0 Å². The molecule has 1 aliphatic rings. The molecular formula is C16H17F3N4O2S. The number of nitrogens with one attached hydrogen (secondary N) is 1. The molecule has 0 radical (unpaired) electrons. The van der Waals surface area contributed by atoms with Gasteiger partial charge in [-0.2, -0.15) is 0 Å². The molecule has 2 heterocycles. The van der Waals surface area contributed by atoms with Gasteiger partial charge in [-0.05, 0) is 25.5 Å². The lowest BCUT2D eigenvalue weighted by atomic mass is 10.2. The smallest absolute Gasteiger partial charge is 0.196 e. The molecule has 1 aromatic heterocycles. The van der Waals surface area contributed by atoms with Crippen LogP contribution >= 0.6 is 0 Å². The van der Waals surface area contributed by atoms with E-state index in [0.29, 0.717) is 18.1 Å². The number of hydrogen-bond donors (Lipinski definition) is 1. The molecule has 10 heteroatoms. The van der Waals surface area contributed by atoms with Gasteiger partial charge in [-0.25, -0.2) is 31.6 Å². The van der Waals surface area contributed by atoms with E-state index in [-0.39, 0.29) is 29.1 Å². The first-order valence-electron chi connectivity index (χ1n) is 7.86. The zero-order chi connectivity index (χ0) is 19.1. The molecule has 1 N–H and O–H groups in total. The van der Waals surface area contributed by atoms with Crippen LogP contribution in [0.1, 0.15) is 12.2 Å². The maximum absolute atomic E-state index is 13.8. The highest BCUT2D eigenvalue weighted by molar-refractivity contribution is 7.91. The predicted molar refractivity (Wildman–Crippen MR) is 91.8 cm³/mol. The summed E-state index contributed by atoms with van der Waals surface area (Å²) < 4.78 is 63.6. The number of aromatic nitrogens is 2. The number of halogens is 3. The molecule has 1 atom stereocenters. The van der Waals surface area contributed by atoms with Crippen LogP contribution in [0.25, 0.3) is 0 Å². The number of anilines is 3. The topological polar surface area (TPSA) is 75.2 Å². The monoisotopic (exact) mass is 386 g/mol. The van der Waals surface area contributed by atoms with Crippen LogP contribution in [0.5, 0.6) is 0 Å². The Balaban J connectivity index is 1.88. The fraction of sp³-hybridized carbons (Fsp3) is 0.375. The maximum atomic E-state index is 13.8. The maximum Gasteiger partial charge on any atom is 0.196 e. The Morgan fingerprint density at radius 1 is 1.19 bits per heavy atom. The average Bonchev–Trinajstić information content (AvgIpc) is 2.94. The molecule has 0 saturated carbocycles. The van der Waals surface area contributed by atoms with E-state index in [1.54, 1.807) is 18.9 Å². The Labute approximate surface area is 149 Å². The minimum atomic E-state index is -3.06. The summed E-state index contributed by atoms with van der Waals surface area (Å²) in [6.45, 7) is 1.62. The molecule has 0 amide bonds. The van der Waals surface area contributed by atoms with Gasteiger partial charge in [-0.1, -0.05) is 0 Å². The molecule has 3 rings (SSSR count). The largest absolute Gasteiger partial charge is 0.355 e. The summed E-state index contributed by atoms with van der Waals surface area (Å²) >= 11 is 0. The molecule has 0 aliphatic carbocycles. The van der Waals surface area contributed by atoms with Crippen LogP contribution in [0.3, 0.4) is 0 Å². The molecule has 1 aromatic carbocycles. The van der Waals surface area contributed by atoms with Gasteiger partial charge in [0, 0.05) is 19.2 Å². The normalized spacial score (nSPS) is 18.7. The Morgan fingerprint density at radius 2 is 1.92 bits per heavy atom. The van der Waals surface area contributed by atoms with Crippen LogP contribution in [0.4, 0.5) is 30.5 Å². The highest BCUT2D eigenvalue weighted by atomic mass is 32.2. The van der Waals surface area contributed by atoms with Crippen LogP contribution in [0.15, 0.2) is 18.2 Å². The van der Waals surface area contributed by atoms with Crippen LogP contribution in [-0.4, -0.2) is 43.0 Å². The standard InChI is InChI=1S/C16H17F3N4O2S/c1-9-20-13(22-12-4-3-11(17)15(18)16(12)19)7-14(21-9)23(2)10-5-6-26(24,25)8-10/h3-4,7,10H,5-6,8H2,1-2H3,(H,20,21,22). The lowest BCUT2D eigenvalue weighted by Crippen LogP contribution is -2.33. The Morgan fingerprint density at radius 3 is 2.58 bits per heavy atom. The van der Waals surface area contributed by atoms with Gasteiger partial charge < -0.3 is 10.2 Å². The molecule has 6 nitrogen and oxygen atoms in total. The minimum absolute atomic E-state index is 0.0348. The second-order valence-electron chi connectivity index (χ2n) is 6.17. The predicted octanol–water partition coefficient (Wildman–Crippen LogP) is 2.57. The lowest BCUT2D eigenvalue weighted by Gasteiger charge is -2.25. The molecule has 26 heavy (non-hydrogen) atoms. The van der Waals surface area contributed by atoms with Gasteiger partial charge >= 0.3 is 0 Å². The van der Waals surface area contributed by atoms with Crippen molar-refractivity contribution in [1.82, 2.24) is 9.97 Å². The molecule has 1 aliphatic heterocycles. The first kappa shape index (κ1) is 18.4. The van der Waals surface area contributed by atoms with Crippen molar-refractivity contribution in [3.05, 3.63) is 41.5 Å². The van der Waals surface area contributed by atoms with Crippen molar-refractivity contribution in [3.8, 4) is 0 Å². The summed E-state index contributed by atoms with van der Waals surface area (Å²) in [6, 6.07) is 3.16. The third-order valence-corrected chi connectivity index (χ3v) is 5.99. The number of benzene rings is 1. The van der Waals surface area contributed by atoms with Crippen molar-refractivity contribution in [2.75, 3.05) is 28.8 Å². The lowest BCUT2D eigenvalue weighted by molar-refractivity contribution is 0.449. The van der Waals surface area contributed by atoms with Crippen LogP contribution < -0.4 is 10.2 Å². The number of aryl methyl sites for hydroxylation is 1. The van der Waals surface area contributed by atoms with Crippen LogP contribution in [0.2, 0.25) is 0 Å². The average molecular weight is 386 g/mol. The molecule has 1 unspecified atom stereocenters. The molecule has 1 saturated heterocycles. The first-order chi connectivity index (χ1) is 12.2. The molecule has 140 valence electrons. The highest BCUT2D eigenvalue weighted by Crippen LogP contribution is 2.26. The van der Waals surface area contributed by atoms with E-state index in [1.807, 2.05) is 0 Å². The summed E-state index contributed by atoms with van der Waals surface area (Å²) in [4.78, 5) is 10.1. The second-order valence-corrected chi connectivity index (χ2v) is 8.40. The number of sulfone groups is 1. The van der Waals surface area contributed by atoms with Crippen molar-refractivity contribution >= 4 is 27.2 Å². The Hall–Kier alpha value is -2.36. The van der Waals surface area contributed by atoms with E-state index < -0.39 is 27.3 Å². The van der Waals surface area contributed by atoms with Gasteiger partial charge in [0.25, 0.3) is 0 Å². The molecule has 0 bridgehead atoms. The van der Waals surface area contributed by atoms with E-state index in [1.165, 1.54) is 6.07 Å². The van der Waals surface area contributed by atoms with Gasteiger partial charge in [0.05, 0.1) is 17.2 Å². The fourth-order valence-corrected chi connectivity index (χ4v) is 4.60. The summed E-state index contributed by atoms with van der Waals surface area (Å²) in [7, 11) is -1.34. The Bertz CT molecular complexity index is 953. The van der Waals surface area contributed by atoms with E-state index in [4.69, 9.17) is 0 Å². The van der Waals surface area contributed by atoms with Gasteiger partial charge in [0.15, 0.2) is 27.3 Å². The van der Waals surface area contributed by atoms with Gasteiger partial charge in [-0.15, -0.1) is 0 Å². The van der Waals surface area contributed by atoms with Gasteiger partial charge in [-0.3, -0.25) is 0 Å². The van der Waals surface area contributed by atoms with Crippen LogP contribution in [0, 0.1) is 24.4 Å². The zero-order valence-electron chi connectivity index (χ0n) is 14.1. The summed E-state index contributed by atoms with van der Waals surface area (Å²) in [5, 5.41) is 2.61. The van der Waals surface area contributed by atoms with Crippen molar-refractivity contribution in [2.24, 2.45) is 0 Å².